The van der Waals surface area contributed by atoms with E-state index in [1.54, 1.807) is 54.5 Å². The summed E-state index contributed by atoms with van der Waals surface area (Å²) in [4.78, 5) is 175. The first-order chi connectivity index (χ1) is 45.0. The van der Waals surface area contributed by atoms with Crippen LogP contribution >= 0.6 is 11.8 Å². The van der Waals surface area contributed by atoms with Gasteiger partial charge in [-0.2, -0.15) is 11.8 Å². The number of thioether (sulfide) groups is 1. The number of rotatable bonds is 21. The van der Waals surface area contributed by atoms with Crippen molar-refractivity contribution in [2.45, 2.75) is 241 Å². The molecule has 0 aromatic heterocycles. The third kappa shape index (κ3) is 25.7. The van der Waals surface area contributed by atoms with Crippen LogP contribution in [0.1, 0.15) is 163 Å². The number of hydrogen-bond donors (Lipinski definition) is 7. The molecule has 0 spiro atoms. The van der Waals surface area contributed by atoms with Crippen LogP contribution < -0.4 is 26.6 Å². The van der Waals surface area contributed by atoms with E-state index in [2.05, 4.69) is 31.5 Å². The molecule has 0 aromatic carbocycles. The number of allylic oxidation sites excluding steroid dienone is 2. The number of nitrogens with zero attached hydrogens (tertiary/aromatic N) is 8. The van der Waals surface area contributed by atoms with Crippen molar-refractivity contribution < 1.29 is 63.0 Å². The van der Waals surface area contributed by atoms with E-state index in [9.17, 15) is 29.4 Å². The molecule has 0 aromatic rings. The fourth-order valence-corrected chi connectivity index (χ4v) is 13.6. The van der Waals surface area contributed by atoms with Gasteiger partial charge >= 0.3 is 0 Å². The van der Waals surface area contributed by atoms with Crippen molar-refractivity contribution in [3.63, 3.8) is 0 Å². The van der Waals surface area contributed by atoms with Gasteiger partial charge < -0.3 is 76.0 Å². The van der Waals surface area contributed by atoms with Crippen LogP contribution in [0.4, 0.5) is 0 Å². The lowest BCUT2D eigenvalue weighted by Crippen LogP contribution is -2.64. The van der Waals surface area contributed by atoms with E-state index in [0.29, 0.717) is 5.75 Å². The number of nitrogens with one attached hydrogen (secondary N) is 5. The summed E-state index contributed by atoms with van der Waals surface area (Å²) in [6, 6.07) is -14.4. The Kier molecular flexibility index (Phi) is 36.3. The van der Waals surface area contributed by atoms with Crippen molar-refractivity contribution in [1.29, 1.82) is 0 Å². The molecule has 7 N–H and O–H groups in total. The van der Waals surface area contributed by atoms with E-state index >= 15 is 33.6 Å². The van der Waals surface area contributed by atoms with Crippen LogP contribution in [0.5, 0.6) is 0 Å². The van der Waals surface area contributed by atoms with Gasteiger partial charge in [0.2, 0.25) is 65.0 Å². The molecular weight excluding hydrogens is 1260 g/mol. The molecule has 0 unspecified atom stereocenters. The number of amides is 11. The third-order valence-electron chi connectivity index (χ3n) is 18.6. The number of carbonyl (C=O) groups excluding carboxylic acids is 11. The highest BCUT2D eigenvalue weighted by molar-refractivity contribution is 7.99. The first-order valence-electron chi connectivity index (χ1n) is 35.1. The average Bonchev–Trinajstić information content (AvgIpc) is 0.808. The molecule has 2 aliphatic rings. The topological polar surface area (TPSA) is 314 Å². The third-order valence-corrected chi connectivity index (χ3v) is 19.8. The first-order valence-corrected chi connectivity index (χ1v) is 36.2. The standard InChI is InChI=1S/C70H127N13O13S/c1-25-27-29-46(13)58(84)57-62(88)74-49(26-2)64(90)80(22)54(40-97-35-28-32-83-33-30-71-31-34-83)67(93)79(21)53(39-70(16,17)96)61(87)75-55(44(9)10)68(94)76(18)50(36-41(3)4)60(86)72-47(14)59(85)73-48(15)63(89)77(19)51(37-42(5)6)65(91)78(20)52(38-43(7)8)66(92)81(23)56(45(11)12)69(95)82(57)24/h25,27,41-58,71,84,96H,26,28-40H2,1-24H3,(H,72,86)(H,73,85)(H,74,88)(H,75,87)/b27-25+/t46-,47+,48-,49+,50+,51+,52+,53+,54-,55+,56+,57+,58-/m1/s1. The van der Waals surface area contributed by atoms with E-state index in [1.165, 1.54) is 113 Å². The molecule has 556 valence electrons. The minimum absolute atomic E-state index is 0.0229. The predicted molar refractivity (Wildman–Crippen MR) is 380 cm³/mol. The van der Waals surface area contributed by atoms with E-state index in [1.807, 2.05) is 47.6 Å². The van der Waals surface area contributed by atoms with Crippen LogP contribution in [0.3, 0.4) is 0 Å². The van der Waals surface area contributed by atoms with Crippen molar-refractivity contribution in [3.8, 4) is 0 Å². The van der Waals surface area contributed by atoms with Crippen molar-refractivity contribution in [2.75, 3.05) is 93.6 Å². The lowest BCUT2D eigenvalue weighted by Gasteiger charge is -2.41. The summed E-state index contributed by atoms with van der Waals surface area (Å²) in [6.07, 6.45) is 3.13. The lowest BCUT2D eigenvalue weighted by molar-refractivity contribution is -0.157. The minimum Gasteiger partial charge on any atom is -0.390 e. The minimum atomic E-state index is -1.66. The zero-order valence-corrected chi connectivity index (χ0v) is 64.1. The van der Waals surface area contributed by atoms with Gasteiger partial charge in [-0.25, -0.2) is 0 Å². The number of hydrogen-bond acceptors (Lipinski definition) is 16. The Morgan fingerprint density at radius 2 is 0.979 bits per heavy atom. The molecule has 0 saturated carbocycles. The Morgan fingerprint density at radius 3 is 1.47 bits per heavy atom. The molecular formula is C70H127N13O13S. The van der Waals surface area contributed by atoms with Gasteiger partial charge in [-0.15, -0.1) is 0 Å². The molecule has 27 heteroatoms. The molecule has 2 rings (SSSR count). The monoisotopic (exact) mass is 1390 g/mol. The van der Waals surface area contributed by atoms with Crippen LogP contribution in [-0.4, -0.2) is 286 Å². The maximum absolute atomic E-state index is 15.5. The summed E-state index contributed by atoms with van der Waals surface area (Å²) in [5, 5.41) is 38.2. The van der Waals surface area contributed by atoms with Crippen LogP contribution in [0.15, 0.2) is 12.2 Å². The van der Waals surface area contributed by atoms with E-state index in [0.717, 1.165) is 48.9 Å². The molecule has 0 bridgehead atoms. The molecule has 0 radical (unpaired) electrons. The van der Waals surface area contributed by atoms with Gasteiger partial charge in [-0.3, -0.25) is 52.7 Å². The highest BCUT2D eigenvalue weighted by Crippen LogP contribution is 2.27. The molecule has 2 heterocycles. The molecule has 26 nitrogen and oxygen atoms in total. The summed E-state index contributed by atoms with van der Waals surface area (Å²) in [5.41, 5.74) is -1.58. The number of likely N-dealkylation sites (N-methyl/N-ethyl adjacent to an activating group) is 7. The number of piperazine rings is 1. The Hall–Kier alpha value is -5.90. The molecule has 2 aliphatic heterocycles. The van der Waals surface area contributed by atoms with Crippen molar-refractivity contribution in [1.82, 2.24) is 65.8 Å². The maximum Gasteiger partial charge on any atom is 0.246 e. The second-order valence-corrected chi connectivity index (χ2v) is 30.9. The SMILES string of the molecule is C/C=C/C[C@@H](C)[C@@H](O)[C@H]1C(=O)N[C@@H](CC)C(=O)N(C)[C@H](CSCCCN2CCNCC2)C(=O)N(C)[C@@H](CC(C)(C)O)C(=O)N[C@@H](C(C)C)C(=O)N(C)[C@@H](CC(C)C)C(=O)N[C@@H](C)C(=O)N[C@H](C)C(=O)N(C)[C@@H](CC(C)C)C(=O)N(C)[C@@H](CC(C)C)C(=O)N(C)[C@@H](C(C)C)C(=O)N1C. The van der Waals surface area contributed by atoms with Crippen LogP contribution in [-0.2, 0) is 52.7 Å². The van der Waals surface area contributed by atoms with Gasteiger partial charge in [0.15, 0.2) is 0 Å². The Bertz CT molecular complexity index is 2650. The normalized spacial score (nSPS) is 27.1. The van der Waals surface area contributed by atoms with E-state index in [4.69, 9.17) is 0 Å². The molecule has 2 saturated heterocycles. The van der Waals surface area contributed by atoms with E-state index in [-0.39, 0.29) is 62.0 Å². The van der Waals surface area contributed by atoms with Crippen LogP contribution in [0, 0.1) is 35.5 Å². The predicted octanol–water partition coefficient (Wildman–Crippen LogP) is 2.78. The van der Waals surface area contributed by atoms with Gasteiger partial charge in [0.25, 0.3) is 0 Å². The molecule has 2 fully saturated rings. The fourth-order valence-electron chi connectivity index (χ4n) is 12.5. The van der Waals surface area contributed by atoms with Crippen molar-refractivity contribution in [3.05, 3.63) is 12.2 Å². The zero-order valence-electron chi connectivity index (χ0n) is 63.3. The van der Waals surface area contributed by atoms with Crippen molar-refractivity contribution >= 4 is 76.7 Å². The van der Waals surface area contributed by atoms with Gasteiger partial charge in [-0.1, -0.05) is 95.2 Å². The number of aliphatic hydroxyl groups excluding tert-OH is 1. The molecule has 0 aliphatic carbocycles. The highest BCUT2D eigenvalue weighted by Gasteiger charge is 2.47. The summed E-state index contributed by atoms with van der Waals surface area (Å²) in [7, 11) is 9.92. The average molecular weight is 1390 g/mol. The molecule has 13 atom stereocenters. The Balaban J connectivity index is 3.11. The molecule has 11 amide bonds. The highest BCUT2D eigenvalue weighted by atomic mass is 32.2. The maximum atomic E-state index is 15.5. The quantitative estimate of drug-likeness (QED) is 0.0642. The second-order valence-electron chi connectivity index (χ2n) is 29.7. The van der Waals surface area contributed by atoms with Crippen LogP contribution in [0.2, 0.25) is 0 Å². The van der Waals surface area contributed by atoms with Gasteiger partial charge in [0.1, 0.15) is 66.5 Å². The van der Waals surface area contributed by atoms with Crippen LogP contribution in [0.25, 0.3) is 0 Å². The Morgan fingerprint density at radius 1 is 0.526 bits per heavy atom. The van der Waals surface area contributed by atoms with E-state index < -0.39 is 161 Å². The van der Waals surface area contributed by atoms with Gasteiger partial charge in [0.05, 0.1) is 11.7 Å². The molecule has 97 heavy (non-hydrogen) atoms. The smallest absolute Gasteiger partial charge is 0.246 e. The summed E-state index contributed by atoms with van der Waals surface area (Å²) in [5.74, 6) is -9.61. The summed E-state index contributed by atoms with van der Waals surface area (Å²) >= 11 is 1.42. The van der Waals surface area contributed by atoms with Crippen molar-refractivity contribution in [2.24, 2.45) is 35.5 Å². The summed E-state index contributed by atoms with van der Waals surface area (Å²) < 4.78 is 0. The summed E-state index contributed by atoms with van der Waals surface area (Å²) in [6.45, 7) is 33.3. The Labute approximate surface area is 585 Å². The second kappa shape index (κ2) is 40.4. The fraction of sp³-hybridized carbons (Fsp3) is 0.814. The largest absolute Gasteiger partial charge is 0.390 e. The zero-order chi connectivity index (χ0) is 74.4. The first kappa shape index (κ1) is 87.2. The number of aliphatic hydroxyl groups is 2. The van der Waals surface area contributed by atoms with Gasteiger partial charge in [0, 0.05) is 87.7 Å². The lowest BCUT2D eigenvalue weighted by atomic mass is 9.91. The number of carbonyl (C=O) groups is 11. The van der Waals surface area contributed by atoms with Gasteiger partial charge in [-0.05, 0) is 121 Å².